The van der Waals surface area contributed by atoms with Crippen LogP contribution in [-0.4, -0.2) is 69.7 Å². The molecule has 49 heavy (non-hydrogen) atoms. The van der Waals surface area contributed by atoms with E-state index in [0.29, 0.717) is 5.56 Å². The zero-order chi connectivity index (χ0) is 35.9. The Morgan fingerprint density at radius 2 is 1.10 bits per heavy atom. The van der Waals surface area contributed by atoms with Gasteiger partial charge in [-0.25, -0.2) is 0 Å². The molecule has 0 aliphatic carbocycles. The average molecular weight is 675 g/mol. The fraction of sp³-hybridized carbons (Fsp3) is 0.294. The second-order valence-electron chi connectivity index (χ2n) is 11.2. The van der Waals surface area contributed by atoms with Gasteiger partial charge >= 0.3 is 5.97 Å². The number of carboxylic acid groups (broad SMARTS) is 1. The van der Waals surface area contributed by atoms with Crippen molar-refractivity contribution in [2.24, 2.45) is 0 Å². The highest BCUT2D eigenvalue weighted by Gasteiger charge is 2.28. The first kappa shape index (κ1) is 37.3. The number of carbonyl (C=O) groups is 6. The lowest BCUT2D eigenvalue weighted by molar-refractivity contribution is -0.384. The molecule has 0 heterocycles. The number of carboxylic acids is 1. The van der Waals surface area contributed by atoms with Crippen molar-refractivity contribution in [3.8, 4) is 0 Å². The molecule has 4 unspecified atom stereocenters. The smallest absolute Gasteiger partial charge is 0.303 e. The number of nitro groups is 1. The van der Waals surface area contributed by atoms with E-state index in [2.05, 4.69) is 26.6 Å². The van der Waals surface area contributed by atoms with Crippen LogP contribution >= 0.6 is 0 Å². The van der Waals surface area contributed by atoms with Crippen molar-refractivity contribution in [2.45, 2.75) is 63.7 Å². The summed E-state index contributed by atoms with van der Waals surface area (Å²) >= 11 is 0. The number of carbonyl (C=O) groups excluding carboxylic acids is 5. The molecule has 15 heteroatoms. The van der Waals surface area contributed by atoms with Crippen LogP contribution in [0.2, 0.25) is 0 Å². The molecule has 0 fully saturated rings. The number of amides is 5. The molecular formula is C34H38N6O9. The lowest BCUT2D eigenvalue weighted by Crippen LogP contribution is -2.57. The predicted molar refractivity (Wildman–Crippen MR) is 178 cm³/mol. The minimum Gasteiger partial charge on any atom is -0.481 e. The number of rotatable bonds is 17. The van der Waals surface area contributed by atoms with Crippen LogP contribution in [-0.2, 0) is 41.6 Å². The van der Waals surface area contributed by atoms with Gasteiger partial charge in [0.15, 0.2) is 0 Å². The summed E-state index contributed by atoms with van der Waals surface area (Å²) in [4.78, 5) is 86.2. The van der Waals surface area contributed by atoms with E-state index in [0.717, 1.165) is 5.56 Å². The summed E-state index contributed by atoms with van der Waals surface area (Å²) in [6.45, 7) is 2.79. The van der Waals surface area contributed by atoms with E-state index in [9.17, 15) is 38.9 Å². The Bertz CT molecular complexity index is 1630. The van der Waals surface area contributed by atoms with Gasteiger partial charge in [-0.15, -0.1) is 0 Å². The SMILES string of the molecule is CC(NC(=O)C(C)NC(=O)C(Cc1ccccc1)NC(=O)CCC(=O)O)C(=O)NC(Cc1ccccc1)C(=O)Nc1ccc([N+](=O)[O-])cc1. The Morgan fingerprint density at radius 1 is 0.633 bits per heavy atom. The molecule has 0 saturated heterocycles. The molecule has 0 radical (unpaired) electrons. The minimum atomic E-state index is -1.17. The number of nitro benzene ring substituents is 1. The van der Waals surface area contributed by atoms with Crippen molar-refractivity contribution in [1.29, 1.82) is 0 Å². The third kappa shape index (κ3) is 12.5. The Kier molecular flexibility index (Phi) is 13.9. The van der Waals surface area contributed by atoms with Crippen LogP contribution in [0.15, 0.2) is 84.9 Å². The molecule has 5 amide bonds. The Hall–Kier alpha value is -6.12. The number of hydrogen-bond acceptors (Lipinski definition) is 8. The number of nitrogens with zero attached hydrogens (tertiary/aromatic N) is 1. The van der Waals surface area contributed by atoms with Crippen LogP contribution in [0.3, 0.4) is 0 Å². The summed E-state index contributed by atoms with van der Waals surface area (Å²) in [5, 5.41) is 32.7. The third-order valence-corrected chi connectivity index (χ3v) is 7.27. The molecule has 3 rings (SSSR count). The normalized spacial score (nSPS) is 13.0. The lowest BCUT2D eigenvalue weighted by atomic mass is 10.0. The lowest BCUT2D eigenvalue weighted by Gasteiger charge is -2.24. The van der Waals surface area contributed by atoms with Gasteiger partial charge in [-0.2, -0.15) is 0 Å². The van der Waals surface area contributed by atoms with E-state index in [1.807, 2.05) is 0 Å². The largest absolute Gasteiger partial charge is 0.481 e. The van der Waals surface area contributed by atoms with Gasteiger partial charge in [-0.3, -0.25) is 38.9 Å². The predicted octanol–water partition coefficient (Wildman–Crippen LogP) is 1.86. The number of benzene rings is 3. The second kappa shape index (κ2) is 18.3. The van der Waals surface area contributed by atoms with Crippen molar-refractivity contribution in [2.75, 3.05) is 5.32 Å². The molecule has 258 valence electrons. The van der Waals surface area contributed by atoms with E-state index in [1.165, 1.54) is 38.1 Å². The summed E-state index contributed by atoms with van der Waals surface area (Å²) in [5.74, 6) is -4.53. The number of nitrogens with one attached hydrogen (secondary N) is 5. The summed E-state index contributed by atoms with van der Waals surface area (Å²) in [7, 11) is 0. The van der Waals surface area contributed by atoms with Gasteiger partial charge in [0.1, 0.15) is 24.2 Å². The van der Waals surface area contributed by atoms with E-state index in [-0.39, 0.29) is 30.6 Å². The molecule has 0 bridgehead atoms. The zero-order valence-corrected chi connectivity index (χ0v) is 26.9. The molecule has 0 aromatic heterocycles. The highest BCUT2D eigenvalue weighted by molar-refractivity contribution is 5.99. The van der Waals surface area contributed by atoms with Crippen molar-refractivity contribution in [3.63, 3.8) is 0 Å². The molecular weight excluding hydrogens is 636 g/mol. The maximum atomic E-state index is 13.2. The van der Waals surface area contributed by atoms with Crippen molar-refractivity contribution in [1.82, 2.24) is 21.3 Å². The summed E-state index contributed by atoms with van der Waals surface area (Å²) in [6, 6.07) is 18.3. The number of non-ortho nitro benzene ring substituents is 1. The second-order valence-corrected chi connectivity index (χ2v) is 11.2. The van der Waals surface area contributed by atoms with Gasteiger partial charge in [-0.05, 0) is 37.1 Å². The molecule has 3 aromatic carbocycles. The third-order valence-electron chi connectivity index (χ3n) is 7.27. The average Bonchev–Trinajstić information content (AvgIpc) is 3.07. The topological polar surface area (TPSA) is 226 Å². The van der Waals surface area contributed by atoms with Crippen LogP contribution in [0.25, 0.3) is 0 Å². The maximum absolute atomic E-state index is 13.2. The Balaban J connectivity index is 1.64. The highest BCUT2D eigenvalue weighted by atomic mass is 16.6. The molecule has 4 atom stereocenters. The van der Waals surface area contributed by atoms with Crippen LogP contribution in [0.5, 0.6) is 0 Å². The summed E-state index contributed by atoms with van der Waals surface area (Å²) < 4.78 is 0. The van der Waals surface area contributed by atoms with Crippen molar-refractivity contribution < 1.29 is 38.8 Å². The quantitative estimate of drug-likeness (QED) is 0.0906. The standard InChI is InChI=1S/C34H38N6O9/c1-21(36-33(46)27(19-23-9-5-3-6-10-23)38-29(41)17-18-30(42)43)31(44)35-22(2)32(45)39-28(20-24-11-7-4-8-12-24)34(47)37-25-13-15-26(16-14-25)40(48)49/h3-16,21-22,27-28H,17-20H2,1-2H3,(H,35,44)(H,36,46)(H,37,47)(H,38,41)(H,39,45)(H,42,43). The van der Waals surface area contributed by atoms with E-state index in [4.69, 9.17) is 5.11 Å². The van der Waals surface area contributed by atoms with E-state index >= 15 is 0 Å². The summed E-state index contributed by atoms with van der Waals surface area (Å²) in [6.07, 6.45) is -0.591. The Morgan fingerprint density at radius 3 is 1.59 bits per heavy atom. The Labute approximate surface area is 282 Å². The summed E-state index contributed by atoms with van der Waals surface area (Å²) in [5.41, 5.74) is 1.57. The monoisotopic (exact) mass is 674 g/mol. The van der Waals surface area contributed by atoms with Gasteiger partial charge in [0.05, 0.1) is 11.3 Å². The van der Waals surface area contributed by atoms with Gasteiger partial charge in [0, 0.05) is 37.1 Å². The molecule has 15 nitrogen and oxygen atoms in total. The van der Waals surface area contributed by atoms with Gasteiger partial charge in [0.2, 0.25) is 29.5 Å². The first-order valence-corrected chi connectivity index (χ1v) is 15.4. The molecule has 0 saturated carbocycles. The molecule has 0 aliphatic rings. The van der Waals surface area contributed by atoms with Crippen molar-refractivity contribution >= 4 is 46.9 Å². The molecule has 3 aromatic rings. The molecule has 6 N–H and O–H groups in total. The van der Waals surface area contributed by atoms with Crippen LogP contribution in [0, 0.1) is 10.1 Å². The van der Waals surface area contributed by atoms with Crippen LogP contribution < -0.4 is 26.6 Å². The van der Waals surface area contributed by atoms with Crippen LogP contribution in [0.4, 0.5) is 11.4 Å². The zero-order valence-electron chi connectivity index (χ0n) is 26.9. The first-order valence-electron chi connectivity index (χ1n) is 15.4. The van der Waals surface area contributed by atoms with Gasteiger partial charge in [0.25, 0.3) is 5.69 Å². The van der Waals surface area contributed by atoms with Crippen LogP contribution in [0.1, 0.15) is 37.8 Å². The first-order chi connectivity index (χ1) is 23.3. The van der Waals surface area contributed by atoms with E-state index < -0.39 is 71.0 Å². The van der Waals surface area contributed by atoms with Gasteiger partial charge < -0.3 is 31.7 Å². The number of anilines is 1. The molecule has 0 aliphatic heterocycles. The van der Waals surface area contributed by atoms with Gasteiger partial charge in [-0.1, -0.05) is 60.7 Å². The number of hydrogen-bond donors (Lipinski definition) is 6. The fourth-order valence-electron chi connectivity index (χ4n) is 4.58. The van der Waals surface area contributed by atoms with Crippen molar-refractivity contribution in [3.05, 3.63) is 106 Å². The highest BCUT2D eigenvalue weighted by Crippen LogP contribution is 2.16. The van der Waals surface area contributed by atoms with E-state index in [1.54, 1.807) is 60.7 Å². The molecule has 0 spiro atoms. The maximum Gasteiger partial charge on any atom is 0.303 e. The number of aliphatic carboxylic acids is 1. The minimum absolute atomic E-state index is 0.0728. The fourth-order valence-corrected chi connectivity index (χ4v) is 4.58.